The number of amides is 1. The van der Waals surface area contributed by atoms with Crippen molar-refractivity contribution in [3.05, 3.63) is 76.3 Å². The molecule has 1 unspecified atom stereocenters. The summed E-state index contributed by atoms with van der Waals surface area (Å²) >= 11 is 6.53. The monoisotopic (exact) mass is 419 g/mol. The number of hydrazone groups is 1. The second-order valence-corrected chi connectivity index (χ2v) is 9.08. The van der Waals surface area contributed by atoms with Crippen molar-refractivity contribution >= 4 is 40.2 Å². The van der Waals surface area contributed by atoms with Crippen LogP contribution in [0.4, 0.5) is 5.69 Å². The zero-order valence-electron chi connectivity index (χ0n) is 17.7. The van der Waals surface area contributed by atoms with Gasteiger partial charge in [0.05, 0.1) is 11.2 Å². The van der Waals surface area contributed by atoms with E-state index in [0.29, 0.717) is 16.5 Å². The van der Waals surface area contributed by atoms with Gasteiger partial charge in [0.15, 0.2) is 0 Å². The Kier molecular flexibility index (Phi) is 5.29. The molecular weight excluding hydrogens is 394 g/mol. The van der Waals surface area contributed by atoms with E-state index in [4.69, 9.17) is 11.6 Å². The molecule has 1 heterocycles. The van der Waals surface area contributed by atoms with Crippen molar-refractivity contribution in [2.45, 2.75) is 38.6 Å². The molecule has 1 aliphatic heterocycles. The van der Waals surface area contributed by atoms with Gasteiger partial charge in [0.25, 0.3) is 5.91 Å². The van der Waals surface area contributed by atoms with E-state index in [0.717, 1.165) is 28.4 Å². The highest BCUT2D eigenvalue weighted by atomic mass is 35.5. The number of nitrogens with one attached hydrogen (secondary N) is 1. The van der Waals surface area contributed by atoms with Gasteiger partial charge in [0.2, 0.25) is 0 Å². The fourth-order valence-corrected chi connectivity index (χ4v) is 4.47. The predicted molar refractivity (Wildman–Crippen MR) is 126 cm³/mol. The fraction of sp³-hybridized carbons (Fsp3) is 0.280. The molecule has 1 amide bonds. The van der Waals surface area contributed by atoms with E-state index in [2.05, 4.69) is 49.3 Å². The molecule has 0 aromatic heterocycles. The normalized spacial score (nSPS) is 17.9. The Bertz CT molecular complexity index is 1150. The topological polar surface area (TPSA) is 44.7 Å². The van der Waals surface area contributed by atoms with Gasteiger partial charge in [-0.25, -0.2) is 5.43 Å². The molecule has 30 heavy (non-hydrogen) atoms. The molecule has 3 aromatic rings. The standard InChI is InChI=1S/C25H26ClN3O/c1-16-14-25(2,3)29(4)23-13-22(26)20(12-21(16)23)15-27-28-24(30)19-10-9-17-7-5-6-8-18(17)11-19/h5-13,15-16H,14H2,1-4H3,(H,28,30)/b27-15-. The summed E-state index contributed by atoms with van der Waals surface area (Å²) in [6, 6.07) is 17.6. The first-order valence-corrected chi connectivity index (χ1v) is 10.5. The SMILES string of the molecule is CC1CC(C)(C)N(C)c2cc(Cl)c(/C=N\NC(=O)c3ccc4ccccc4c3)cc21. The van der Waals surface area contributed by atoms with Crippen LogP contribution in [0.1, 0.15) is 54.6 Å². The largest absolute Gasteiger partial charge is 0.369 e. The zero-order valence-corrected chi connectivity index (χ0v) is 18.5. The summed E-state index contributed by atoms with van der Waals surface area (Å²) in [5.41, 5.74) is 6.47. The third-order valence-corrected chi connectivity index (χ3v) is 6.46. The molecule has 0 saturated carbocycles. The van der Waals surface area contributed by atoms with Crippen LogP contribution in [-0.4, -0.2) is 24.7 Å². The summed E-state index contributed by atoms with van der Waals surface area (Å²) in [6.07, 6.45) is 2.68. The lowest BCUT2D eigenvalue weighted by molar-refractivity contribution is 0.0955. The molecule has 3 aromatic carbocycles. The van der Waals surface area contributed by atoms with Gasteiger partial charge in [-0.3, -0.25) is 4.79 Å². The van der Waals surface area contributed by atoms with Crippen LogP contribution < -0.4 is 10.3 Å². The summed E-state index contributed by atoms with van der Waals surface area (Å²) in [5.74, 6) is 0.170. The minimum absolute atomic E-state index is 0.0825. The summed E-state index contributed by atoms with van der Waals surface area (Å²) in [7, 11) is 2.11. The zero-order chi connectivity index (χ0) is 21.5. The molecule has 0 bridgehead atoms. The van der Waals surface area contributed by atoms with Crippen LogP contribution >= 0.6 is 11.6 Å². The highest BCUT2D eigenvalue weighted by molar-refractivity contribution is 6.33. The molecule has 5 heteroatoms. The predicted octanol–water partition coefficient (Wildman–Crippen LogP) is 5.98. The lowest BCUT2D eigenvalue weighted by Crippen LogP contribution is -2.45. The first-order chi connectivity index (χ1) is 14.3. The van der Waals surface area contributed by atoms with E-state index in [9.17, 15) is 4.79 Å². The quantitative estimate of drug-likeness (QED) is 0.419. The molecule has 4 rings (SSSR count). The molecule has 0 spiro atoms. The van der Waals surface area contributed by atoms with E-state index >= 15 is 0 Å². The number of benzene rings is 3. The van der Waals surface area contributed by atoms with Crippen LogP contribution in [0.3, 0.4) is 0 Å². The Labute approximate surface area is 182 Å². The van der Waals surface area contributed by atoms with Crippen molar-refractivity contribution in [3.8, 4) is 0 Å². The number of nitrogens with zero attached hydrogens (tertiary/aromatic N) is 2. The number of carbonyl (C=O) groups excluding carboxylic acids is 1. The summed E-state index contributed by atoms with van der Waals surface area (Å²) in [5, 5.41) is 6.90. The highest BCUT2D eigenvalue weighted by Crippen LogP contribution is 2.44. The van der Waals surface area contributed by atoms with E-state index in [1.54, 1.807) is 12.3 Å². The molecule has 4 nitrogen and oxygen atoms in total. The number of hydrogen-bond donors (Lipinski definition) is 1. The van der Waals surface area contributed by atoms with E-state index in [-0.39, 0.29) is 11.4 Å². The van der Waals surface area contributed by atoms with Crippen molar-refractivity contribution < 1.29 is 4.79 Å². The Balaban J connectivity index is 1.54. The second kappa shape index (κ2) is 7.77. The van der Waals surface area contributed by atoms with Gasteiger partial charge >= 0.3 is 0 Å². The van der Waals surface area contributed by atoms with Gasteiger partial charge in [-0.05, 0) is 66.8 Å². The van der Waals surface area contributed by atoms with Crippen molar-refractivity contribution in [1.82, 2.24) is 5.43 Å². The third kappa shape index (κ3) is 3.80. The molecule has 0 saturated heterocycles. The van der Waals surface area contributed by atoms with Crippen molar-refractivity contribution in [2.24, 2.45) is 5.10 Å². The first-order valence-electron chi connectivity index (χ1n) is 10.2. The van der Waals surface area contributed by atoms with Crippen LogP contribution in [0.5, 0.6) is 0 Å². The Hall–Kier alpha value is -2.85. The van der Waals surface area contributed by atoms with E-state index in [1.807, 2.05) is 42.5 Å². The van der Waals surface area contributed by atoms with Crippen molar-refractivity contribution in [3.63, 3.8) is 0 Å². The number of rotatable bonds is 3. The smallest absolute Gasteiger partial charge is 0.271 e. The molecule has 1 atom stereocenters. The van der Waals surface area contributed by atoms with Crippen LogP contribution in [0.15, 0.2) is 59.7 Å². The number of anilines is 1. The Morgan fingerprint density at radius 2 is 1.90 bits per heavy atom. The van der Waals surface area contributed by atoms with Crippen molar-refractivity contribution in [2.75, 3.05) is 11.9 Å². The minimum Gasteiger partial charge on any atom is -0.369 e. The van der Waals surface area contributed by atoms with Crippen LogP contribution in [0.2, 0.25) is 5.02 Å². The molecule has 0 radical (unpaired) electrons. The van der Waals surface area contributed by atoms with Crippen LogP contribution in [-0.2, 0) is 0 Å². The summed E-state index contributed by atoms with van der Waals surface area (Å²) in [4.78, 5) is 14.8. The summed E-state index contributed by atoms with van der Waals surface area (Å²) in [6.45, 7) is 6.74. The fourth-order valence-electron chi connectivity index (χ4n) is 4.26. The van der Waals surface area contributed by atoms with Gasteiger partial charge in [-0.15, -0.1) is 0 Å². The average molecular weight is 420 g/mol. The van der Waals surface area contributed by atoms with Crippen LogP contribution in [0, 0.1) is 0 Å². The van der Waals surface area contributed by atoms with E-state index < -0.39 is 0 Å². The van der Waals surface area contributed by atoms with Gasteiger partial charge < -0.3 is 4.90 Å². The van der Waals surface area contributed by atoms with Gasteiger partial charge in [-0.1, -0.05) is 48.9 Å². The van der Waals surface area contributed by atoms with Gasteiger partial charge in [-0.2, -0.15) is 5.10 Å². The number of hydrogen-bond acceptors (Lipinski definition) is 3. The molecule has 1 aliphatic rings. The average Bonchev–Trinajstić information content (AvgIpc) is 2.72. The molecule has 1 N–H and O–H groups in total. The summed E-state index contributed by atoms with van der Waals surface area (Å²) < 4.78 is 0. The lowest BCUT2D eigenvalue weighted by Gasteiger charge is -2.45. The van der Waals surface area contributed by atoms with E-state index in [1.165, 1.54) is 5.56 Å². The highest BCUT2D eigenvalue weighted by Gasteiger charge is 2.34. The van der Waals surface area contributed by atoms with Gasteiger partial charge in [0.1, 0.15) is 0 Å². The molecular formula is C25H26ClN3O. The number of fused-ring (bicyclic) bond motifs is 2. The minimum atomic E-state index is -0.249. The maximum atomic E-state index is 12.5. The maximum absolute atomic E-state index is 12.5. The molecule has 154 valence electrons. The molecule has 0 fully saturated rings. The number of carbonyl (C=O) groups is 1. The van der Waals surface area contributed by atoms with Gasteiger partial charge in [0, 0.05) is 29.4 Å². The second-order valence-electron chi connectivity index (χ2n) is 8.67. The Morgan fingerprint density at radius 3 is 2.67 bits per heavy atom. The first kappa shape index (κ1) is 20.4. The third-order valence-electron chi connectivity index (χ3n) is 6.13. The lowest BCUT2D eigenvalue weighted by atomic mass is 9.80. The van der Waals surface area contributed by atoms with Crippen LogP contribution in [0.25, 0.3) is 10.8 Å². The maximum Gasteiger partial charge on any atom is 0.271 e. The number of halogens is 1. The molecule has 0 aliphatic carbocycles. The Morgan fingerprint density at radius 1 is 1.17 bits per heavy atom. The van der Waals surface area contributed by atoms with Crippen molar-refractivity contribution in [1.29, 1.82) is 0 Å².